The lowest BCUT2D eigenvalue weighted by Gasteiger charge is -2.16. The number of hydrogen-bond acceptors (Lipinski definition) is 6. The molecular weight excluding hydrogens is 486 g/mol. The highest BCUT2D eigenvalue weighted by atomic mass is 35.5. The maximum absolute atomic E-state index is 12.0. The summed E-state index contributed by atoms with van der Waals surface area (Å²) in [6, 6.07) is 13.6. The van der Waals surface area contributed by atoms with Crippen molar-refractivity contribution >= 4 is 35.6 Å². The fraction of sp³-hybridized carbons (Fsp3) is 0.231. The van der Waals surface area contributed by atoms with E-state index >= 15 is 0 Å². The molecule has 10 heteroatoms. The van der Waals surface area contributed by atoms with Crippen molar-refractivity contribution in [3.05, 3.63) is 76.0 Å². The smallest absolute Gasteiger partial charge is 0.337 e. The van der Waals surface area contributed by atoms with Crippen LogP contribution in [0.15, 0.2) is 58.0 Å². The van der Waals surface area contributed by atoms with Gasteiger partial charge in [-0.05, 0) is 79.3 Å². The van der Waals surface area contributed by atoms with E-state index in [-0.39, 0.29) is 23.7 Å². The number of carbonyl (C=O) groups is 3. The highest BCUT2D eigenvalue weighted by Crippen LogP contribution is 2.27. The molecule has 3 aromatic rings. The molecule has 0 atom stereocenters. The summed E-state index contributed by atoms with van der Waals surface area (Å²) in [6.45, 7) is -0.464. The fourth-order valence-corrected chi connectivity index (χ4v) is 4.00. The van der Waals surface area contributed by atoms with Crippen molar-refractivity contribution in [2.45, 2.75) is 25.7 Å². The number of carboxylic acids is 1. The molecule has 9 nitrogen and oxygen atoms in total. The van der Waals surface area contributed by atoms with Gasteiger partial charge >= 0.3 is 5.97 Å². The van der Waals surface area contributed by atoms with Gasteiger partial charge in [0.2, 0.25) is 0 Å². The summed E-state index contributed by atoms with van der Waals surface area (Å²) in [5, 5.41) is 15.6. The molecule has 3 N–H and O–H groups in total. The number of carbonyl (C=O) groups excluding carboxylic acids is 2. The van der Waals surface area contributed by atoms with Gasteiger partial charge in [-0.2, -0.15) is 5.10 Å². The summed E-state index contributed by atoms with van der Waals surface area (Å²) < 4.78 is 11.2. The molecule has 0 aliphatic heterocycles. The van der Waals surface area contributed by atoms with Crippen molar-refractivity contribution in [3.8, 4) is 17.1 Å². The number of aromatic carboxylic acids is 1. The Labute approximate surface area is 212 Å². The third-order valence-corrected chi connectivity index (χ3v) is 5.95. The lowest BCUT2D eigenvalue weighted by molar-refractivity contribution is -0.127. The molecule has 0 unspecified atom stereocenters. The Hall–Kier alpha value is -4.11. The van der Waals surface area contributed by atoms with E-state index in [1.165, 1.54) is 35.9 Å². The van der Waals surface area contributed by atoms with E-state index in [0.29, 0.717) is 22.8 Å². The summed E-state index contributed by atoms with van der Waals surface area (Å²) in [4.78, 5) is 35.2. The van der Waals surface area contributed by atoms with Gasteiger partial charge in [0.05, 0.1) is 23.3 Å². The van der Waals surface area contributed by atoms with E-state index in [2.05, 4.69) is 15.8 Å². The third kappa shape index (κ3) is 6.51. The number of halogens is 1. The molecule has 2 aromatic carbocycles. The maximum atomic E-state index is 12.0. The van der Waals surface area contributed by atoms with Crippen LogP contribution in [0.2, 0.25) is 5.02 Å². The summed E-state index contributed by atoms with van der Waals surface area (Å²) in [5.41, 5.74) is 5.38. The molecule has 0 saturated heterocycles. The highest BCUT2D eigenvalue weighted by Gasteiger charge is 2.13. The first kappa shape index (κ1) is 25.0. The maximum Gasteiger partial charge on any atom is 0.337 e. The number of hydrazone groups is 1. The zero-order valence-corrected chi connectivity index (χ0v) is 20.0. The van der Waals surface area contributed by atoms with E-state index in [1.807, 2.05) is 18.2 Å². The second-order valence-electron chi connectivity index (χ2n) is 8.20. The molecule has 36 heavy (non-hydrogen) atoms. The Morgan fingerprint density at radius 3 is 2.64 bits per heavy atom. The van der Waals surface area contributed by atoms with Crippen molar-refractivity contribution in [2.24, 2.45) is 5.10 Å². The first-order valence-corrected chi connectivity index (χ1v) is 11.7. The Balaban J connectivity index is 1.21. The second-order valence-corrected chi connectivity index (χ2v) is 8.61. The van der Waals surface area contributed by atoms with Gasteiger partial charge in [-0.25, -0.2) is 10.2 Å². The van der Waals surface area contributed by atoms with Crippen LogP contribution in [0.4, 0.5) is 0 Å². The molecule has 186 valence electrons. The van der Waals surface area contributed by atoms with Crippen molar-refractivity contribution in [1.82, 2.24) is 10.7 Å². The van der Waals surface area contributed by atoms with Crippen molar-refractivity contribution in [3.63, 3.8) is 0 Å². The summed E-state index contributed by atoms with van der Waals surface area (Å²) in [7, 11) is 0. The molecule has 1 aromatic heterocycles. The fourth-order valence-electron chi connectivity index (χ4n) is 3.81. The zero-order chi connectivity index (χ0) is 25.5. The number of hydrogen-bond donors (Lipinski definition) is 3. The van der Waals surface area contributed by atoms with Gasteiger partial charge in [0.25, 0.3) is 11.8 Å². The van der Waals surface area contributed by atoms with Crippen molar-refractivity contribution in [2.75, 3.05) is 13.2 Å². The number of carboxylic acid groups (broad SMARTS) is 1. The van der Waals surface area contributed by atoms with Crippen LogP contribution in [0.3, 0.4) is 0 Å². The zero-order valence-electron chi connectivity index (χ0n) is 19.3. The first-order valence-electron chi connectivity index (χ1n) is 11.4. The predicted molar refractivity (Wildman–Crippen MR) is 133 cm³/mol. The van der Waals surface area contributed by atoms with Gasteiger partial charge in [0.15, 0.2) is 6.61 Å². The molecule has 0 radical (unpaired) electrons. The average molecular weight is 510 g/mol. The topological polar surface area (TPSA) is 130 Å². The lowest BCUT2D eigenvalue weighted by atomic mass is 9.92. The van der Waals surface area contributed by atoms with Gasteiger partial charge in [-0.3, -0.25) is 9.59 Å². The first-order chi connectivity index (χ1) is 17.4. The number of benzene rings is 2. The van der Waals surface area contributed by atoms with E-state index in [4.69, 9.17) is 20.8 Å². The van der Waals surface area contributed by atoms with Crippen LogP contribution in [-0.4, -0.2) is 42.3 Å². The number of amides is 2. The van der Waals surface area contributed by atoms with Gasteiger partial charge in [-0.1, -0.05) is 17.7 Å². The Kier molecular flexibility index (Phi) is 8.02. The largest absolute Gasteiger partial charge is 0.484 e. The number of rotatable bonds is 9. The third-order valence-electron chi connectivity index (χ3n) is 5.63. The second kappa shape index (κ2) is 11.5. The number of ether oxygens (including phenoxy) is 1. The van der Waals surface area contributed by atoms with Crippen molar-refractivity contribution < 1.29 is 28.6 Å². The molecule has 0 bridgehead atoms. The summed E-state index contributed by atoms with van der Waals surface area (Å²) in [6.07, 6.45) is 5.74. The normalized spacial score (nSPS) is 12.7. The molecule has 0 saturated carbocycles. The van der Waals surface area contributed by atoms with E-state index in [1.54, 1.807) is 18.2 Å². The minimum atomic E-state index is -1.14. The van der Waals surface area contributed by atoms with E-state index < -0.39 is 17.8 Å². The number of nitrogens with one attached hydrogen (secondary N) is 2. The Morgan fingerprint density at radius 2 is 1.83 bits per heavy atom. The molecule has 1 aliphatic rings. The number of nitrogens with zero attached hydrogens (tertiary/aromatic N) is 1. The van der Waals surface area contributed by atoms with Gasteiger partial charge in [0.1, 0.15) is 17.3 Å². The van der Waals surface area contributed by atoms with Gasteiger partial charge < -0.3 is 19.6 Å². The standard InChI is InChI=1S/C26H24ClN3O6/c27-22-9-6-18(12-21(22)26(33)34)23-10-8-20(36-23)13-29-30-24(31)14-28-25(32)15-35-19-7-5-16-3-1-2-4-17(16)11-19/h5-13H,1-4,14-15H2,(H,28,32)(H,30,31)(H,33,34)/b29-13-. The van der Waals surface area contributed by atoms with Crippen LogP contribution in [0.25, 0.3) is 11.3 Å². The molecule has 4 rings (SSSR count). The number of fused-ring (bicyclic) bond motifs is 1. The summed E-state index contributed by atoms with van der Waals surface area (Å²) in [5.74, 6) is -0.714. The molecule has 1 aliphatic carbocycles. The van der Waals surface area contributed by atoms with E-state index in [0.717, 1.165) is 19.3 Å². The molecule has 2 amide bonds. The minimum absolute atomic E-state index is 0.0387. The van der Waals surface area contributed by atoms with Gasteiger partial charge in [-0.15, -0.1) is 0 Å². The quantitative estimate of drug-likeness (QED) is 0.297. The predicted octanol–water partition coefficient (Wildman–Crippen LogP) is 3.82. The van der Waals surface area contributed by atoms with Crippen LogP contribution in [0.1, 0.15) is 40.1 Å². The lowest BCUT2D eigenvalue weighted by Crippen LogP contribution is -2.37. The van der Waals surface area contributed by atoms with Crippen molar-refractivity contribution in [1.29, 1.82) is 0 Å². The van der Waals surface area contributed by atoms with Crippen LogP contribution in [0, 0.1) is 0 Å². The molecule has 0 fully saturated rings. The van der Waals surface area contributed by atoms with E-state index in [9.17, 15) is 19.5 Å². The summed E-state index contributed by atoms with van der Waals surface area (Å²) >= 11 is 5.89. The monoisotopic (exact) mass is 509 g/mol. The van der Waals surface area contributed by atoms with Gasteiger partial charge in [0, 0.05) is 5.56 Å². The molecular formula is C26H24ClN3O6. The van der Waals surface area contributed by atoms with Crippen LogP contribution < -0.4 is 15.5 Å². The minimum Gasteiger partial charge on any atom is -0.484 e. The Bertz CT molecular complexity index is 1320. The van der Waals surface area contributed by atoms with Crippen LogP contribution in [0.5, 0.6) is 5.75 Å². The number of aryl methyl sites for hydroxylation is 2. The number of furan rings is 1. The van der Waals surface area contributed by atoms with Crippen LogP contribution >= 0.6 is 11.6 Å². The SMILES string of the molecule is O=C(COc1ccc2c(c1)CCCC2)NCC(=O)N/N=C\c1ccc(-c2ccc(Cl)c(C(=O)O)c2)o1. The molecule has 1 heterocycles. The average Bonchev–Trinajstić information content (AvgIpc) is 3.35. The highest BCUT2D eigenvalue weighted by molar-refractivity contribution is 6.33. The molecule has 0 spiro atoms. The van der Waals surface area contributed by atoms with Crippen LogP contribution in [-0.2, 0) is 22.4 Å². The Morgan fingerprint density at radius 1 is 1.03 bits per heavy atom.